The summed E-state index contributed by atoms with van der Waals surface area (Å²) in [5, 5.41) is 11.1. The van der Waals surface area contributed by atoms with E-state index in [1.165, 1.54) is 11.3 Å². The topological polar surface area (TPSA) is 70.2 Å². The van der Waals surface area contributed by atoms with Crippen LogP contribution in [0.1, 0.15) is 36.4 Å². The van der Waals surface area contributed by atoms with Gasteiger partial charge >= 0.3 is 0 Å². The first-order chi connectivity index (χ1) is 10.6. The highest BCUT2D eigenvalue weighted by Gasteiger charge is 2.31. The number of hydrogen-bond acceptors (Lipinski definition) is 4. The van der Waals surface area contributed by atoms with E-state index in [1.807, 2.05) is 11.4 Å². The fourth-order valence-electron chi connectivity index (χ4n) is 2.61. The summed E-state index contributed by atoms with van der Waals surface area (Å²) < 4.78 is 0. The molecule has 1 aromatic rings. The van der Waals surface area contributed by atoms with Crippen molar-refractivity contribution >= 4 is 23.2 Å². The molecule has 122 valence electrons. The summed E-state index contributed by atoms with van der Waals surface area (Å²) in [5.74, 6) is 0.367. The van der Waals surface area contributed by atoms with Crippen molar-refractivity contribution < 1.29 is 9.59 Å². The van der Waals surface area contributed by atoms with E-state index < -0.39 is 6.04 Å². The van der Waals surface area contributed by atoms with Crippen molar-refractivity contribution in [3.8, 4) is 0 Å². The van der Waals surface area contributed by atoms with Crippen molar-refractivity contribution in [1.29, 1.82) is 0 Å². The highest BCUT2D eigenvalue weighted by Crippen LogP contribution is 2.18. The first-order valence-corrected chi connectivity index (χ1v) is 8.78. The van der Waals surface area contributed by atoms with Gasteiger partial charge in [-0.05, 0) is 49.2 Å². The molecule has 1 aliphatic rings. The lowest BCUT2D eigenvalue weighted by molar-refractivity contribution is -0.124. The molecular weight excluding hydrogens is 298 g/mol. The van der Waals surface area contributed by atoms with E-state index in [-0.39, 0.29) is 17.7 Å². The van der Waals surface area contributed by atoms with Crippen molar-refractivity contribution in [2.24, 2.45) is 11.8 Å². The maximum atomic E-state index is 12.5. The number of carbonyl (C=O) groups is 2. The van der Waals surface area contributed by atoms with Crippen molar-refractivity contribution in [2.75, 3.05) is 19.6 Å². The van der Waals surface area contributed by atoms with Gasteiger partial charge in [0.15, 0.2) is 0 Å². The second-order valence-corrected chi connectivity index (χ2v) is 7.10. The van der Waals surface area contributed by atoms with E-state index in [1.54, 1.807) is 6.07 Å². The molecule has 3 N–H and O–H groups in total. The third-order valence-corrected chi connectivity index (χ3v) is 4.72. The quantitative estimate of drug-likeness (QED) is 0.745. The normalized spacial score (nSPS) is 17.2. The van der Waals surface area contributed by atoms with Gasteiger partial charge < -0.3 is 16.0 Å². The van der Waals surface area contributed by atoms with Crippen LogP contribution in [0.25, 0.3) is 0 Å². The Labute approximate surface area is 135 Å². The van der Waals surface area contributed by atoms with Crippen LogP contribution in [0.4, 0.5) is 0 Å². The molecule has 0 spiro atoms. The molecule has 22 heavy (non-hydrogen) atoms. The molecule has 0 radical (unpaired) electrons. The third kappa shape index (κ3) is 4.81. The highest BCUT2D eigenvalue weighted by molar-refractivity contribution is 7.12. The molecule has 1 aliphatic heterocycles. The van der Waals surface area contributed by atoms with Gasteiger partial charge in [0.05, 0.1) is 4.88 Å². The zero-order valence-electron chi connectivity index (χ0n) is 13.2. The lowest BCUT2D eigenvalue weighted by Gasteiger charge is -2.30. The molecule has 1 atom stereocenters. The molecule has 6 heteroatoms. The van der Waals surface area contributed by atoms with Gasteiger partial charge in [0.25, 0.3) is 5.91 Å². The zero-order chi connectivity index (χ0) is 15.9. The number of rotatable bonds is 6. The SMILES string of the molecule is CC(C)CNC(=O)C(NC(=O)c1cccs1)C1CCNCC1. The van der Waals surface area contributed by atoms with Crippen LogP contribution in [-0.2, 0) is 4.79 Å². The molecule has 1 saturated heterocycles. The molecule has 2 heterocycles. The molecule has 0 aliphatic carbocycles. The van der Waals surface area contributed by atoms with Crippen LogP contribution in [-0.4, -0.2) is 37.5 Å². The van der Waals surface area contributed by atoms with Crippen LogP contribution in [0, 0.1) is 11.8 Å². The average Bonchev–Trinajstić information content (AvgIpc) is 3.05. The average molecular weight is 323 g/mol. The number of carbonyl (C=O) groups excluding carboxylic acids is 2. The Morgan fingerprint density at radius 1 is 1.36 bits per heavy atom. The Morgan fingerprint density at radius 3 is 2.68 bits per heavy atom. The zero-order valence-corrected chi connectivity index (χ0v) is 14.0. The van der Waals surface area contributed by atoms with Gasteiger partial charge in [-0.15, -0.1) is 11.3 Å². The van der Waals surface area contributed by atoms with E-state index in [0.717, 1.165) is 25.9 Å². The van der Waals surface area contributed by atoms with Gasteiger partial charge in [0, 0.05) is 6.54 Å². The van der Waals surface area contributed by atoms with Crippen molar-refractivity contribution in [2.45, 2.75) is 32.7 Å². The Morgan fingerprint density at radius 2 is 2.09 bits per heavy atom. The van der Waals surface area contributed by atoms with Crippen LogP contribution < -0.4 is 16.0 Å². The van der Waals surface area contributed by atoms with Gasteiger partial charge in [0.1, 0.15) is 6.04 Å². The van der Waals surface area contributed by atoms with Crippen molar-refractivity contribution in [1.82, 2.24) is 16.0 Å². The van der Waals surface area contributed by atoms with Gasteiger partial charge in [-0.3, -0.25) is 9.59 Å². The molecule has 2 rings (SSSR count). The van der Waals surface area contributed by atoms with E-state index in [2.05, 4.69) is 29.8 Å². The number of nitrogens with one attached hydrogen (secondary N) is 3. The monoisotopic (exact) mass is 323 g/mol. The van der Waals surface area contributed by atoms with E-state index in [4.69, 9.17) is 0 Å². The Balaban J connectivity index is 2.03. The molecule has 1 fully saturated rings. The van der Waals surface area contributed by atoms with Crippen molar-refractivity contribution in [3.05, 3.63) is 22.4 Å². The van der Waals surface area contributed by atoms with Gasteiger partial charge in [-0.1, -0.05) is 19.9 Å². The Kier molecular flexibility index (Phi) is 6.39. The maximum Gasteiger partial charge on any atom is 0.262 e. The minimum atomic E-state index is -0.449. The maximum absolute atomic E-state index is 12.5. The summed E-state index contributed by atoms with van der Waals surface area (Å²) in [7, 11) is 0. The molecule has 1 unspecified atom stereocenters. The van der Waals surface area contributed by atoms with Crippen LogP contribution >= 0.6 is 11.3 Å². The second kappa shape index (κ2) is 8.29. The Bertz CT molecular complexity index is 482. The number of thiophene rings is 1. The summed E-state index contributed by atoms with van der Waals surface area (Å²) in [6.07, 6.45) is 1.81. The van der Waals surface area contributed by atoms with E-state index >= 15 is 0 Å². The van der Waals surface area contributed by atoms with Crippen LogP contribution in [0.3, 0.4) is 0 Å². The van der Waals surface area contributed by atoms with Crippen LogP contribution in [0.15, 0.2) is 17.5 Å². The van der Waals surface area contributed by atoms with Gasteiger partial charge in [-0.2, -0.15) is 0 Å². The smallest absolute Gasteiger partial charge is 0.262 e. The van der Waals surface area contributed by atoms with Crippen LogP contribution in [0.2, 0.25) is 0 Å². The first-order valence-electron chi connectivity index (χ1n) is 7.90. The summed E-state index contributed by atoms with van der Waals surface area (Å²) >= 11 is 1.39. The van der Waals surface area contributed by atoms with E-state index in [0.29, 0.717) is 17.3 Å². The lowest BCUT2D eigenvalue weighted by Crippen LogP contribution is -2.53. The molecule has 2 amide bonds. The number of piperidine rings is 1. The third-order valence-electron chi connectivity index (χ3n) is 3.85. The summed E-state index contributed by atoms with van der Waals surface area (Å²) in [6, 6.07) is 3.18. The minimum absolute atomic E-state index is 0.0643. The largest absolute Gasteiger partial charge is 0.354 e. The lowest BCUT2D eigenvalue weighted by atomic mass is 9.89. The fraction of sp³-hybridized carbons (Fsp3) is 0.625. The molecule has 1 aromatic heterocycles. The minimum Gasteiger partial charge on any atom is -0.354 e. The van der Waals surface area contributed by atoms with Crippen molar-refractivity contribution in [3.63, 3.8) is 0 Å². The highest BCUT2D eigenvalue weighted by atomic mass is 32.1. The number of amides is 2. The summed E-state index contributed by atoms with van der Waals surface area (Å²) in [6.45, 7) is 6.55. The standard InChI is InChI=1S/C16H25N3O2S/c1-11(2)10-18-16(21)14(12-5-7-17-8-6-12)19-15(20)13-4-3-9-22-13/h3-4,9,11-12,14,17H,5-8,10H2,1-2H3,(H,18,21)(H,19,20). The Hall–Kier alpha value is -1.40. The summed E-state index contributed by atoms with van der Waals surface area (Å²) in [4.78, 5) is 25.5. The van der Waals surface area contributed by atoms with Crippen LogP contribution in [0.5, 0.6) is 0 Å². The first kappa shape index (κ1) is 17.0. The fourth-order valence-corrected chi connectivity index (χ4v) is 3.24. The predicted molar refractivity (Wildman–Crippen MR) is 89.0 cm³/mol. The predicted octanol–water partition coefficient (Wildman–Crippen LogP) is 1.62. The molecule has 0 aromatic carbocycles. The second-order valence-electron chi connectivity index (χ2n) is 6.15. The molecule has 0 saturated carbocycles. The molecule has 5 nitrogen and oxygen atoms in total. The molecule has 0 bridgehead atoms. The van der Waals surface area contributed by atoms with E-state index in [9.17, 15) is 9.59 Å². The van der Waals surface area contributed by atoms with Gasteiger partial charge in [-0.25, -0.2) is 0 Å². The number of hydrogen-bond donors (Lipinski definition) is 3. The van der Waals surface area contributed by atoms with Gasteiger partial charge in [0.2, 0.25) is 5.91 Å². The summed E-state index contributed by atoms with van der Waals surface area (Å²) in [5.41, 5.74) is 0. The molecular formula is C16H25N3O2S.